The number of aromatic hydroxyl groups is 1. The highest BCUT2D eigenvalue weighted by Gasteiger charge is 2.30. The fourth-order valence-electron chi connectivity index (χ4n) is 4.25. The minimum absolute atomic E-state index is 0.0268. The van der Waals surface area contributed by atoms with E-state index in [0.29, 0.717) is 5.56 Å². The zero-order valence-electron chi connectivity index (χ0n) is 19.1. The Morgan fingerprint density at radius 2 is 1.46 bits per heavy atom. The highest BCUT2D eigenvalue weighted by molar-refractivity contribution is 5.89. The molecule has 0 radical (unpaired) electrons. The van der Waals surface area contributed by atoms with Crippen molar-refractivity contribution >= 4 is 18.0 Å². The highest BCUT2D eigenvalue weighted by atomic mass is 16.5. The number of nitrogens with one attached hydrogen (secondary N) is 2. The number of phenolic OH excluding ortho intramolecular Hbond substituents is 1. The van der Waals surface area contributed by atoms with Crippen molar-refractivity contribution in [2.24, 2.45) is 0 Å². The normalized spacial score (nSPS) is 13.7. The molecule has 2 atom stereocenters. The lowest BCUT2D eigenvalue weighted by Crippen LogP contribution is -2.51. The summed E-state index contributed by atoms with van der Waals surface area (Å²) in [5.41, 5.74) is 5.00. The van der Waals surface area contributed by atoms with Crippen LogP contribution in [0.25, 0.3) is 11.1 Å². The number of fused-ring (bicyclic) bond motifs is 3. The average Bonchev–Trinajstić information content (AvgIpc) is 3.17. The predicted molar refractivity (Wildman–Crippen MR) is 129 cm³/mol. The first kappa shape index (κ1) is 23.8. The topological polar surface area (TPSA) is 125 Å². The molecule has 0 saturated carbocycles. The van der Waals surface area contributed by atoms with Gasteiger partial charge in [0.2, 0.25) is 5.91 Å². The molecule has 0 fully saturated rings. The van der Waals surface area contributed by atoms with E-state index in [-0.39, 0.29) is 24.7 Å². The molecule has 35 heavy (non-hydrogen) atoms. The third-order valence-corrected chi connectivity index (χ3v) is 6.06. The third-order valence-electron chi connectivity index (χ3n) is 6.06. The Bertz CT molecular complexity index is 1190. The second kappa shape index (κ2) is 10.3. The maximum atomic E-state index is 12.5. The molecule has 1 aliphatic rings. The first-order chi connectivity index (χ1) is 16.8. The van der Waals surface area contributed by atoms with Gasteiger partial charge in [0, 0.05) is 12.3 Å². The number of carbonyl (C=O) groups is 3. The van der Waals surface area contributed by atoms with E-state index in [9.17, 15) is 24.6 Å². The van der Waals surface area contributed by atoms with Crippen LogP contribution in [0.5, 0.6) is 5.75 Å². The summed E-state index contributed by atoms with van der Waals surface area (Å²) in [5.74, 6) is -1.91. The van der Waals surface area contributed by atoms with Crippen LogP contribution in [0.3, 0.4) is 0 Å². The number of carbonyl (C=O) groups excluding carboxylic acids is 2. The number of phenols is 1. The maximum Gasteiger partial charge on any atom is 0.407 e. The highest BCUT2D eigenvalue weighted by Crippen LogP contribution is 2.44. The van der Waals surface area contributed by atoms with E-state index >= 15 is 0 Å². The molecule has 0 aromatic heterocycles. The Labute approximate surface area is 202 Å². The quantitative estimate of drug-likeness (QED) is 0.396. The van der Waals surface area contributed by atoms with Gasteiger partial charge in [0.1, 0.15) is 24.4 Å². The van der Waals surface area contributed by atoms with Gasteiger partial charge in [0.25, 0.3) is 0 Å². The van der Waals surface area contributed by atoms with Gasteiger partial charge in [-0.15, -0.1) is 0 Å². The minimum Gasteiger partial charge on any atom is -0.508 e. The molecule has 0 saturated heterocycles. The number of aliphatic carboxylic acids is 1. The van der Waals surface area contributed by atoms with E-state index in [1.165, 1.54) is 19.1 Å². The van der Waals surface area contributed by atoms with Crippen LogP contribution in [0, 0.1) is 0 Å². The Morgan fingerprint density at radius 3 is 2.03 bits per heavy atom. The summed E-state index contributed by atoms with van der Waals surface area (Å²) < 4.78 is 5.45. The van der Waals surface area contributed by atoms with E-state index in [1.807, 2.05) is 48.5 Å². The number of carboxylic acids is 1. The molecule has 1 aliphatic carbocycles. The van der Waals surface area contributed by atoms with Gasteiger partial charge in [-0.1, -0.05) is 60.7 Å². The zero-order chi connectivity index (χ0) is 24.9. The Balaban J connectivity index is 1.33. The van der Waals surface area contributed by atoms with Gasteiger partial charge < -0.3 is 25.6 Å². The number of rotatable bonds is 8. The first-order valence-electron chi connectivity index (χ1n) is 11.3. The fourth-order valence-corrected chi connectivity index (χ4v) is 4.25. The molecule has 0 spiro atoms. The number of hydrogen-bond donors (Lipinski definition) is 4. The summed E-state index contributed by atoms with van der Waals surface area (Å²) in [6, 6.07) is 19.8. The monoisotopic (exact) mass is 474 g/mol. The van der Waals surface area contributed by atoms with Crippen LogP contribution in [-0.2, 0) is 20.7 Å². The second-order valence-electron chi connectivity index (χ2n) is 8.46. The van der Waals surface area contributed by atoms with Crippen molar-refractivity contribution in [3.05, 3.63) is 89.5 Å². The number of hydrogen-bond acceptors (Lipinski definition) is 5. The van der Waals surface area contributed by atoms with Crippen LogP contribution in [0.15, 0.2) is 72.8 Å². The second-order valence-corrected chi connectivity index (χ2v) is 8.46. The van der Waals surface area contributed by atoms with Crippen LogP contribution in [0.2, 0.25) is 0 Å². The number of carboxylic acid groups (broad SMARTS) is 1. The molecule has 3 aromatic rings. The summed E-state index contributed by atoms with van der Waals surface area (Å²) in [7, 11) is 0. The van der Waals surface area contributed by atoms with Crippen molar-refractivity contribution in [3.63, 3.8) is 0 Å². The number of ether oxygens (including phenoxy) is 1. The van der Waals surface area contributed by atoms with Crippen LogP contribution >= 0.6 is 0 Å². The largest absolute Gasteiger partial charge is 0.508 e. The molecular formula is C27H26N2O6. The average molecular weight is 475 g/mol. The summed E-state index contributed by atoms with van der Waals surface area (Å²) in [4.78, 5) is 36.6. The smallest absolute Gasteiger partial charge is 0.407 e. The summed E-state index contributed by atoms with van der Waals surface area (Å²) >= 11 is 0. The molecule has 0 aliphatic heterocycles. The van der Waals surface area contributed by atoms with Crippen LogP contribution in [0.1, 0.15) is 29.5 Å². The van der Waals surface area contributed by atoms with Gasteiger partial charge in [-0.2, -0.15) is 0 Å². The molecule has 0 bridgehead atoms. The van der Waals surface area contributed by atoms with Crippen LogP contribution in [0.4, 0.5) is 4.79 Å². The molecule has 8 heteroatoms. The molecule has 3 aromatic carbocycles. The number of benzene rings is 3. The predicted octanol–water partition coefficient (Wildman–Crippen LogP) is 3.43. The molecule has 2 amide bonds. The molecule has 0 heterocycles. The lowest BCUT2D eigenvalue weighted by atomic mass is 9.98. The Hall–Kier alpha value is -4.33. The van der Waals surface area contributed by atoms with Crippen LogP contribution in [-0.4, -0.2) is 46.9 Å². The summed E-state index contributed by atoms with van der Waals surface area (Å²) in [6.45, 7) is 1.56. The number of amides is 2. The Morgan fingerprint density at radius 1 is 0.886 bits per heavy atom. The van der Waals surface area contributed by atoms with Crippen molar-refractivity contribution in [1.29, 1.82) is 0 Å². The van der Waals surface area contributed by atoms with Crippen molar-refractivity contribution < 1.29 is 29.3 Å². The Kier molecular flexibility index (Phi) is 7.01. The molecule has 8 nitrogen and oxygen atoms in total. The minimum atomic E-state index is -1.21. The van der Waals surface area contributed by atoms with Gasteiger partial charge in [-0.3, -0.25) is 4.79 Å². The lowest BCUT2D eigenvalue weighted by Gasteiger charge is -2.19. The molecular weight excluding hydrogens is 448 g/mol. The molecule has 4 N–H and O–H groups in total. The zero-order valence-corrected chi connectivity index (χ0v) is 19.1. The molecule has 0 unspecified atom stereocenters. The lowest BCUT2D eigenvalue weighted by molar-refractivity contribution is -0.142. The van der Waals surface area contributed by atoms with Gasteiger partial charge in [0.05, 0.1) is 0 Å². The molecule has 180 valence electrons. The molecule has 4 rings (SSSR count). The van der Waals surface area contributed by atoms with E-state index in [4.69, 9.17) is 4.74 Å². The standard InChI is InChI=1S/C27H26N2O6/c1-16(25(31)29-24(26(32)33)14-17-10-12-18(30)13-11-17)28-27(34)35-15-23-21-8-4-2-6-19(21)20-7-3-5-9-22(20)23/h2-13,16,23-24,30H,14-15H2,1H3,(H,28,34)(H,29,31)(H,32,33)/t16-,24+/m0/s1. The SMILES string of the molecule is C[C@H](NC(=O)OCC1c2ccccc2-c2ccccc21)C(=O)N[C@H](Cc1ccc(O)cc1)C(=O)O. The van der Waals surface area contributed by atoms with Gasteiger partial charge in [0.15, 0.2) is 0 Å². The van der Waals surface area contributed by atoms with Crippen molar-refractivity contribution in [2.75, 3.05) is 6.61 Å². The van der Waals surface area contributed by atoms with Crippen molar-refractivity contribution in [3.8, 4) is 16.9 Å². The third kappa shape index (κ3) is 5.43. The van der Waals surface area contributed by atoms with Gasteiger partial charge >= 0.3 is 12.1 Å². The van der Waals surface area contributed by atoms with E-state index < -0.39 is 30.1 Å². The van der Waals surface area contributed by atoms with Crippen LogP contribution < -0.4 is 10.6 Å². The van der Waals surface area contributed by atoms with E-state index in [1.54, 1.807) is 12.1 Å². The van der Waals surface area contributed by atoms with Crippen molar-refractivity contribution in [2.45, 2.75) is 31.3 Å². The van der Waals surface area contributed by atoms with Gasteiger partial charge in [-0.25, -0.2) is 9.59 Å². The first-order valence-corrected chi connectivity index (χ1v) is 11.3. The van der Waals surface area contributed by atoms with Gasteiger partial charge in [-0.05, 0) is 46.9 Å². The fraction of sp³-hybridized carbons (Fsp3) is 0.222. The number of alkyl carbamates (subject to hydrolysis) is 1. The van der Waals surface area contributed by atoms with E-state index in [0.717, 1.165) is 22.3 Å². The summed E-state index contributed by atoms with van der Waals surface area (Å²) in [5, 5.41) is 23.8. The van der Waals surface area contributed by atoms with Crippen molar-refractivity contribution in [1.82, 2.24) is 10.6 Å². The van der Waals surface area contributed by atoms with E-state index in [2.05, 4.69) is 10.6 Å². The maximum absolute atomic E-state index is 12.5. The summed E-state index contributed by atoms with van der Waals surface area (Å²) in [6.07, 6.45) is -0.737.